The molecule has 308 valence electrons. The Labute approximate surface area is 326 Å². The molecule has 6 atom stereocenters. The van der Waals surface area contributed by atoms with Crippen LogP contribution in [0.5, 0.6) is 0 Å². The second-order valence-corrected chi connectivity index (χ2v) is 15.3. The number of ketones is 5. The van der Waals surface area contributed by atoms with E-state index >= 15 is 0 Å². The first-order valence-corrected chi connectivity index (χ1v) is 19.7. The third-order valence-electron chi connectivity index (χ3n) is 9.73. The van der Waals surface area contributed by atoms with Crippen LogP contribution in [0.2, 0.25) is 0 Å². The minimum absolute atomic E-state index is 0.00998. The number of nitrogens with one attached hydrogen (secondary N) is 2. The van der Waals surface area contributed by atoms with Crippen LogP contribution < -0.4 is 10.6 Å². The van der Waals surface area contributed by atoms with Crippen LogP contribution in [0.25, 0.3) is 0 Å². The lowest BCUT2D eigenvalue weighted by molar-refractivity contribution is -0.143. The van der Waals surface area contributed by atoms with Crippen molar-refractivity contribution in [2.75, 3.05) is 13.7 Å². The highest BCUT2D eigenvalue weighted by Gasteiger charge is 2.34. The SMILES string of the molecule is CCCCCCc1ccc(C(=O)C[C@H](CO)C(=O)N[C@H](C)C(=O)CCC(=O)N(C)[C@H](C(=O)C[C@@H](C)C(=O)N[C@@H](CC(C)C)C(=O)CCC(C)=O)C(C)O)cc1. The number of rotatable bonds is 28. The minimum atomic E-state index is -1.32. The maximum Gasteiger partial charge on any atom is 0.226 e. The molecule has 0 spiro atoms. The number of likely N-dealkylation sites (N-methyl/N-ethyl adjacent to an activating group) is 1. The van der Waals surface area contributed by atoms with Crippen molar-refractivity contribution in [1.82, 2.24) is 15.5 Å². The Balaban J connectivity index is 2.75. The van der Waals surface area contributed by atoms with E-state index in [0.29, 0.717) is 12.0 Å². The number of unbranched alkanes of at least 4 members (excludes halogenated alkanes) is 3. The van der Waals surface area contributed by atoms with E-state index < -0.39 is 72.0 Å². The Kier molecular flexibility index (Phi) is 22.4. The Morgan fingerprint density at radius 3 is 1.91 bits per heavy atom. The van der Waals surface area contributed by atoms with E-state index in [4.69, 9.17) is 0 Å². The number of Topliss-reactive ketones (excluding diaryl/α,β-unsaturated/α-hetero) is 5. The fourth-order valence-electron chi connectivity index (χ4n) is 6.24. The van der Waals surface area contributed by atoms with Crippen LogP contribution in [0.4, 0.5) is 0 Å². The minimum Gasteiger partial charge on any atom is -0.396 e. The summed E-state index contributed by atoms with van der Waals surface area (Å²) >= 11 is 0. The summed E-state index contributed by atoms with van der Waals surface area (Å²) in [7, 11) is 1.31. The first kappa shape index (κ1) is 48.9. The number of hydrogen-bond donors (Lipinski definition) is 4. The third-order valence-corrected chi connectivity index (χ3v) is 9.73. The van der Waals surface area contributed by atoms with Crippen LogP contribution in [0.1, 0.15) is 135 Å². The Morgan fingerprint density at radius 1 is 0.745 bits per heavy atom. The first-order valence-electron chi connectivity index (χ1n) is 19.7. The lowest BCUT2D eigenvalue weighted by Gasteiger charge is -2.30. The molecule has 13 heteroatoms. The maximum absolute atomic E-state index is 13.3. The zero-order valence-corrected chi connectivity index (χ0v) is 34.2. The molecule has 0 heterocycles. The van der Waals surface area contributed by atoms with Gasteiger partial charge in [0.05, 0.1) is 30.7 Å². The lowest BCUT2D eigenvalue weighted by atomic mass is 9.93. The molecule has 0 fully saturated rings. The van der Waals surface area contributed by atoms with E-state index in [1.807, 2.05) is 26.0 Å². The molecule has 0 aliphatic heterocycles. The number of aliphatic hydroxyl groups is 2. The van der Waals surface area contributed by atoms with Gasteiger partial charge in [-0.2, -0.15) is 0 Å². The number of aliphatic hydroxyl groups excluding tert-OH is 2. The zero-order valence-electron chi connectivity index (χ0n) is 34.2. The van der Waals surface area contributed by atoms with Crippen LogP contribution in [0.15, 0.2) is 24.3 Å². The van der Waals surface area contributed by atoms with Gasteiger partial charge in [-0.3, -0.25) is 33.6 Å². The Bertz CT molecular complexity index is 1460. The summed E-state index contributed by atoms with van der Waals surface area (Å²) in [4.78, 5) is 103. The van der Waals surface area contributed by atoms with Crippen molar-refractivity contribution < 1.29 is 48.6 Å². The predicted molar refractivity (Wildman–Crippen MR) is 209 cm³/mol. The average molecular weight is 772 g/mol. The molecule has 3 amide bonds. The molecule has 13 nitrogen and oxygen atoms in total. The number of hydrogen-bond acceptors (Lipinski definition) is 10. The van der Waals surface area contributed by atoms with E-state index in [0.717, 1.165) is 36.1 Å². The van der Waals surface area contributed by atoms with Crippen LogP contribution in [-0.2, 0) is 40.0 Å². The van der Waals surface area contributed by atoms with Crippen molar-refractivity contribution in [1.29, 1.82) is 0 Å². The van der Waals surface area contributed by atoms with Crippen LogP contribution in [0.3, 0.4) is 0 Å². The average Bonchev–Trinajstić information content (AvgIpc) is 3.12. The van der Waals surface area contributed by atoms with Crippen LogP contribution >= 0.6 is 0 Å². The fraction of sp³-hybridized carbons (Fsp3) is 0.667. The van der Waals surface area contributed by atoms with Gasteiger partial charge in [0.2, 0.25) is 17.7 Å². The summed E-state index contributed by atoms with van der Waals surface area (Å²) in [6.07, 6.45) is 3.32. The van der Waals surface area contributed by atoms with E-state index in [1.54, 1.807) is 12.1 Å². The molecule has 4 N–H and O–H groups in total. The summed E-state index contributed by atoms with van der Waals surface area (Å²) in [5.41, 5.74) is 1.54. The van der Waals surface area contributed by atoms with Crippen molar-refractivity contribution in [3.8, 4) is 0 Å². The van der Waals surface area contributed by atoms with Crippen molar-refractivity contribution in [3.63, 3.8) is 0 Å². The van der Waals surface area contributed by atoms with Crippen LogP contribution in [0, 0.1) is 17.8 Å². The summed E-state index contributed by atoms with van der Waals surface area (Å²) < 4.78 is 0. The van der Waals surface area contributed by atoms with Crippen molar-refractivity contribution in [2.45, 2.75) is 150 Å². The third kappa shape index (κ3) is 17.9. The second kappa shape index (κ2) is 25.1. The van der Waals surface area contributed by atoms with Gasteiger partial charge in [-0.05, 0) is 51.5 Å². The topological polar surface area (TPSA) is 204 Å². The molecule has 0 bridgehead atoms. The summed E-state index contributed by atoms with van der Waals surface area (Å²) in [5.74, 6) is -5.59. The number of carbonyl (C=O) groups excluding carboxylic acids is 8. The monoisotopic (exact) mass is 771 g/mol. The molecule has 0 saturated carbocycles. The van der Waals surface area contributed by atoms with Crippen molar-refractivity contribution in [2.24, 2.45) is 17.8 Å². The molecule has 1 aromatic rings. The van der Waals surface area contributed by atoms with Gasteiger partial charge in [0.15, 0.2) is 23.1 Å². The van der Waals surface area contributed by atoms with Gasteiger partial charge in [-0.15, -0.1) is 0 Å². The molecule has 0 aromatic heterocycles. The largest absolute Gasteiger partial charge is 0.396 e. The fourth-order valence-corrected chi connectivity index (χ4v) is 6.24. The number of nitrogens with zero attached hydrogens (tertiary/aromatic N) is 1. The van der Waals surface area contributed by atoms with Gasteiger partial charge in [0.1, 0.15) is 11.8 Å². The number of aryl methyl sites for hydroxylation is 1. The normalized spacial score (nSPS) is 14.5. The zero-order chi connectivity index (χ0) is 41.8. The van der Waals surface area contributed by atoms with E-state index in [2.05, 4.69) is 17.6 Å². The number of benzene rings is 1. The maximum atomic E-state index is 13.3. The molecule has 55 heavy (non-hydrogen) atoms. The van der Waals surface area contributed by atoms with E-state index in [-0.39, 0.29) is 61.8 Å². The highest BCUT2D eigenvalue weighted by molar-refractivity contribution is 6.00. The highest BCUT2D eigenvalue weighted by Crippen LogP contribution is 2.17. The van der Waals surface area contributed by atoms with E-state index in [1.165, 1.54) is 41.2 Å². The highest BCUT2D eigenvalue weighted by atomic mass is 16.3. The van der Waals surface area contributed by atoms with Gasteiger partial charge in [0.25, 0.3) is 0 Å². The smallest absolute Gasteiger partial charge is 0.226 e. The van der Waals surface area contributed by atoms with Gasteiger partial charge < -0.3 is 30.5 Å². The van der Waals surface area contributed by atoms with Gasteiger partial charge >= 0.3 is 0 Å². The van der Waals surface area contributed by atoms with Gasteiger partial charge in [-0.1, -0.05) is 71.2 Å². The summed E-state index contributed by atoms with van der Waals surface area (Å²) in [6.45, 7) is 11.0. The second-order valence-electron chi connectivity index (χ2n) is 15.3. The molecular weight excluding hydrogens is 706 g/mol. The molecule has 1 unspecified atom stereocenters. The molecule has 0 aliphatic rings. The molecule has 1 rings (SSSR count). The van der Waals surface area contributed by atoms with Crippen LogP contribution in [-0.4, -0.2) is 99.6 Å². The van der Waals surface area contributed by atoms with Gasteiger partial charge in [0, 0.05) is 57.1 Å². The van der Waals surface area contributed by atoms with Crippen molar-refractivity contribution in [3.05, 3.63) is 35.4 Å². The molecule has 0 saturated heterocycles. The molecule has 0 radical (unpaired) electrons. The quantitative estimate of drug-likeness (QED) is 0.0709. The number of carbonyl (C=O) groups is 8. The summed E-state index contributed by atoms with van der Waals surface area (Å²) in [5, 5.41) is 25.6. The van der Waals surface area contributed by atoms with Gasteiger partial charge in [-0.25, -0.2) is 0 Å². The first-order chi connectivity index (χ1) is 25.8. The lowest BCUT2D eigenvalue weighted by Crippen LogP contribution is -2.50. The number of amides is 3. The predicted octanol–water partition coefficient (Wildman–Crippen LogP) is 4.12. The Hall–Kier alpha value is -4.10. The molecule has 0 aliphatic carbocycles. The Morgan fingerprint density at radius 2 is 1.36 bits per heavy atom. The van der Waals surface area contributed by atoms with Crippen molar-refractivity contribution >= 4 is 46.6 Å². The molecule has 1 aromatic carbocycles. The molecular formula is C42H65N3O10. The standard InChI is InChI=1S/C42H65N3O10/c1-9-10-11-12-13-31-15-17-32(18-16-31)37(51)24-33(25-46)42(55)43-29(6)35(49)20-21-39(53)45(8)40(30(7)48)38(52)23-27(4)41(54)44-34(22-26(2)3)36(50)19-14-28(5)47/h15-18,26-27,29-30,33-34,40,46,48H,9-14,19-25H2,1-8H3,(H,43,55)(H,44,54)/t27-,29-,30?,33-,34+,40+/m1/s1. The summed E-state index contributed by atoms with van der Waals surface area (Å²) in [6, 6.07) is 4.03. The van der Waals surface area contributed by atoms with E-state index in [9.17, 15) is 48.6 Å².